The standard InChI is InChI=1S/C22H18FN5O/c1-13-14(3-2-7-24-13)16-9-25-22(19-12-28-27-11-17(16)19)26-10-18-15-6-8-29-21(15)5-4-20(18)23/h2-5,7,9,11-12H,6,8,10H2,1H3,(H,25,26). The summed E-state index contributed by atoms with van der Waals surface area (Å²) in [4.78, 5) is 8.97. The van der Waals surface area contributed by atoms with Crippen molar-refractivity contribution in [1.29, 1.82) is 0 Å². The molecule has 0 fully saturated rings. The molecule has 0 saturated heterocycles. The molecule has 144 valence electrons. The largest absolute Gasteiger partial charge is 0.493 e. The molecule has 1 aliphatic rings. The summed E-state index contributed by atoms with van der Waals surface area (Å²) in [6.07, 6.45) is 7.67. The van der Waals surface area contributed by atoms with E-state index in [1.54, 1.807) is 30.9 Å². The fourth-order valence-electron chi connectivity index (χ4n) is 3.80. The molecule has 5 rings (SSSR count). The number of pyridine rings is 2. The van der Waals surface area contributed by atoms with E-state index < -0.39 is 0 Å². The number of hydrogen-bond acceptors (Lipinski definition) is 6. The Labute approximate surface area is 166 Å². The van der Waals surface area contributed by atoms with E-state index in [1.165, 1.54) is 6.07 Å². The van der Waals surface area contributed by atoms with E-state index in [-0.39, 0.29) is 5.82 Å². The quantitative estimate of drug-likeness (QED) is 0.569. The van der Waals surface area contributed by atoms with Crippen molar-refractivity contribution >= 4 is 16.6 Å². The van der Waals surface area contributed by atoms with Gasteiger partial charge in [0.2, 0.25) is 0 Å². The highest BCUT2D eigenvalue weighted by molar-refractivity contribution is 6.01. The van der Waals surface area contributed by atoms with Crippen LogP contribution < -0.4 is 10.1 Å². The molecule has 4 aromatic rings. The van der Waals surface area contributed by atoms with Crippen LogP contribution in [-0.2, 0) is 13.0 Å². The van der Waals surface area contributed by atoms with Gasteiger partial charge in [0.05, 0.1) is 19.0 Å². The fourth-order valence-corrected chi connectivity index (χ4v) is 3.80. The monoisotopic (exact) mass is 387 g/mol. The van der Waals surface area contributed by atoms with E-state index in [1.807, 2.05) is 19.1 Å². The number of nitrogens with zero attached hydrogens (tertiary/aromatic N) is 4. The lowest BCUT2D eigenvalue weighted by molar-refractivity contribution is 0.356. The van der Waals surface area contributed by atoms with Crippen molar-refractivity contribution in [3.8, 4) is 16.9 Å². The minimum absolute atomic E-state index is 0.242. The van der Waals surface area contributed by atoms with Crippen LogP contribution >= 0.6 is 0 Å². The number of aryl methyl sites for hydroxylation is 1. The molecule has 0 unspecified atom stereocenters. The average Bonchev–Trinajstić information content (AvgIpc) is 3.22. The first-order valence-electron chi connectivity index (χ1n) is 9.40. The van der Waals surface area contributed by atoms with Crippen molar-refractivity contribution in [2.24, 2.45) is 0 Å². The molecule has 3 aromatic heterocycles. The molecule has 0 atom stereocenters. The first-order chi connectivity index (χ1) is 14.2. The number of anilines is 1. The first kappa shape index (κ1) is 17.5. The van der Waals surface area contributed by atoms with Crippen molar-refractivity contribution < 1.29 is 9.13 Å². The summed E-state index contributed by atoms with van der Waals surface area (Å²) < 4.78 is 20.0. The van der Waals surface area contributed by atoms with Gasteiger partial charge in [-0.1, -0.05) is 6.07 Å². The minimum Gasteiger partial charge on any atom is -0.493 e. The maximum absolute atomic E-state index is 14.4. The maximum Gasteiger partial charge on any atom is 0.135 e. The zero-order valence-electron chi connectivity index (χ0n) is 15.8. The van der Waals surface area contributed by atoms with Crippen molar-refractivity contribution in [3.63, 3.8) is 0 Å². The second-order valence-electron chi connectivity index (χ2n) is 6.93. The predicted octanol–water partition coefficient (Wildman–Crippen LogP) is 4.08. The third-order valence-electron chi connectivity index (χ3n) is 5.27. The summed E-state index contributed by atoms with van der Waals surface area (Å²) in [6.45, 7) is 2.86. The number of nitrogens with one attached hydrogen (secondary N) is 1. The Morgan fingerprint density at radius 3 is 2.76 bits per heavy atom. The van der Waals surface area contributed by atoms with Crippen molar-refractivity contribution in [2.75, 3.05) is 11.9 Å². The Hall–Kier alpha value is -3.61. The first-order valence-corrected chi connectivity index (χ1v) is 9.40. The molecule has 0 amide bonds. The van der Waals surface area contributed by atoms with Gasteiger partial charge in [-0.15, -0.1) is 0 Å². The van der Waals surface area contributed by atoms with Gasteiger partial charge in [0.25, 0.3) is 0 Å². The lowest BCUT2D eigenvalue weighted by atomic mass is 10.0. The molecule has 29 heavy (non-hydrogen) atoms. The smallest absolute Gasteiger partial charge is 0.135 e. The van der Waals surface area contributed by atoms with E-state index in [9.17, 15) is 4.39 Å². The van der Waals surface area contributed by atoms with Gasteiger partial charge in [0.15, 0.2) is 0 Å². The summed E-state index contributed by atoms with van der Waals surface area (Å²) in [5.74, 6) is 1.15. The third-order valence-corrected chi connectivity index (χ3v) is 5.27. The molecular formula is C22H18FN5O. The second kappa shape index (κ2) is 7.09. The topological polar surface area (TPSA) is 72.8 Å². The molecule has 1 aliphatic heterocycles. The van der Waals surface area contributed by atoms with Gasteiger partial charge in [0.1, 0.15) is 17.4 Å². The fraction of sp³-hybridized carbons (Fsp3) is 0.182. The number of ether oxygens (including phenoxy) is 1. The van der Waals surface area contributed by atoms with Crippen LogP contribution in [0.1, 0.15) is 16.8 Å². The molecule has 0 radical (unpaired) electrons. The lowest BCUT2D eigenvalue weighted by Gasteiger charge is -2.14. The van der Waals surface area contributed by atoms with Crippen LogP contribution in [-0.4, -0.2) is 26.8 Å². The molecule has 6 nitrogen and oxygen atoms in total. The molecule has 0 aliphatic carbocycles. The van der Waals surface area contributed by atoms with Crippen LogP contribution in [0, 0.1) is 12.7 Å². The Morgan fingerprint density at radius 2 is 1.90 bits per heavy atom. The van der Waals surface area contributed by atoms with Crippen LogP contribution in [0.2, 0.25) is 0 Å². The number of rotatable bonds is 4. The molecular weight excluding hydrogens is 369 g/mol. The number of hydrogen-bond donors (Lipinski definition) is 1. The highest BCUT2D eigenvalue weighted by Gasteiger charge is 2.20. The summed E-state index contributed by atoms with van der Waals surface area (Å²) in [5, 5.41) is 13.1. The molecule has 0 bridgehead atoms. The molecule has 0 spiro atoms. The van der Waals surface area contributed by atoms with Crippen LogP contribution in [0.25, 0.3) is 21.9 Å². The van der Waals surface area contributed by atoms with Gasteiger partial charge in [-0.2, -0.15) is 10.2 Å². The van der Waals surface area contributed by atoms with Crippen molar-refractivity contribution in [3.05, 3.63) is 71.7 Å². The minimum atomic E-state index is -0.242. The van der Waals surface area contributed by atoms with E-state index in [4.69, 9.17) is 4.74 Å². The Balaban J connectivity index is 1.54. The van der Waals surface area contributed by atoms with Gasteiger partial charge in [-0.05, 0) is 25.1 Å². The molecule has 4 heterocycles. The number of benzene rings is 1. The van der Waals surface area contributed by atoms with E-state index in [2.05, 4.69) is 25.5 Å². The molecule has 7 heteroatoms. The van der Waals surface area contributed by atoms with Crippen LogP contribution in [0.4, 0.5) is 10.2 Å². The highest BCUT2D eigenvalue weighted by Crippen LogP contribution is 2.33. The maximum atomic E-state index is 14.4. The Kier molecular flexibility index (Phi) is 4.27. The zero-order chi connectivity index (χ0) is 19.8. The van der Waals surface area contributed by atoms with Crippen LogP contribution in [0.3, 0.4) is 0 Å². The average molecular weight is 387 g/mol. The van der Waals surface area contributed by atoms with E-state index in [0.717, 1.165) is 38.9 Å². The van der Waals surface area contributed by atoms with E-state index >= 15 is 0 Å². The number of halogens is 1. The summed E-state index contributed by atoms with van der Waals surface area (Å²) in [7, 11) is 0. The van der Waals surface area contributed by atoms with Crippen molar-refractivity contribution in [2.45, 2.75) is 19.9 Å². The third kappa shape index (κ3) is 3.04. The highest BCUT2D eigenvalue weighted by atomic mass is 19.1. The molecule has 0 saturated carbocycles. The normalized spacial score (nSPS) is 12.6. The predicted molar refractivity (Wildman–Crippen MR) is 108 cm³/mol. The van der Waals surface area contributed by atoms with Crippen molar-refractivity contribution in [1.82, 2.24) is 20.2 Å². The summed E-state index contributed by atoms with van der Waals surface area (Å²) in [6, 6.07) is 7.05. The summed E-state index contributed by atoms with van der Waals surface area (Å²) >= 11 is 0. The summed E-state index contributed by atoms with van der Waals surface area (Å²) in [5.41, 5.74) is 4.38. The second-order valence-corrected chi connectivity index (χ2v) is 6.93. The van der Waals surface area contributed by atoms with Gasteiger partial charge >= 0.3 is 0 Å². The Bertz CT molecular complexity index is 1230. The van der Waals surface area contributed by atoms with Gasteiger partial charge in [0, 0.05) is 64.1 Å². The van der Waals surface area contributed by atoms with Gasteiger partial charge < -0.3 is 10.1 Å². The number of aromatic nitrogens is 4. The molecule has 1 aromatic carbocycles. The Morgan fingerprint density at radius 1 is 1.03 bits per heavy atom. The molecule has 1 N–H and O–H groups in total. The lowest BCUT2D eigenvalue weighted by Crippen LogP contribution is -2.07. The SMILES string of the molecule is Cc1ncccc1-c1cnc(NCc2c(F)ccc3c2CCO3)c2cnncc12. The van der Waals surface area contributed by atoms with Crippen LogP contribution in [0.5, 0.6) is 5.75 Å². The van der Waals surface area contributed by atoms with Gasteiger partial charge in [-0.3, -0.25) is 4.98 Å². The number of fused-ring (bicyclic) bond motifs is 2. The zero-order valence-corrected chi connectivity index (χ0v) is 15.8. The van der Waals surface area contributed by atoms with E-state index in [0.29, 0.717) is 31.0 Å². The van der Waals surface area contributed by atoms with Crippen LogP contribution in [0.15, 0.2) is 49.1 Å². The van der Waals surface area contributed by atoms with Gasteiger partial charge in [-0.25, -0.2) is 9.37 Å².